The van der Waals surface area contributed by atoms with Gasteiger partial charge >= 0.3 is 0 Å². The molecule has 0 heterocycles. The van der Waals surface area contributed by atoms with Crippen molar-refractivity contribution in [2.45, 2.75) is 57.6 Å². The van der Waals surface area contributed by atoms with Crippen molar-refractivity contribution in [3.8, 4) is 5.75 Å². The van der Waals surface area contributed by atoms with Crippen molar-refractivity contribution in [1.82, 2.24) is 10.2 Å². The quantitative estimate of drug-likeness (QED) is 0.282. The number of rotatable bonds is 13. The van der Waals surface area contributed by atoms with Crippen LogP contribution in [-0.4, -0.2) is 50.4 Å². The van der Waals surface area contributed by atoms with Gasteiger partial charge in [-0.25, -0.2) is 12.8 Å². The van der Waals surface area contributed by atoms with Crippen molar-refractivity contribution in [1.29, 1.82) is 0 Å². The van der Waals surface area contributed by atoms with Crippen LogP contribution in [0.25, 0.3) is 0 Å². The number of sulfonamides is 1. The summed E-state index contributed by atoms with van der Waals surface area (Å²) in [6.45, 7) is 7.01. The minimum atomic E-state index is -4.28. The molecule has 8 nitrogen and oxygen atoms in total. The van der Waals surface area contributed by atoms with Gasteiger partial charge in [0.05, 0.1) is 17.2 Å². The van der Waals surface area contributed by atoms with E-state index < -0.39 is 34.3 Å². The highest BCUT2D eigenvalue weighted by Crippen LogP contribution is 2.26. The first-order valence-electron chi connectivity index (χ1n) is 13.3. The lowest BCUT2D eigenvalue weighted by Crippen LogP contribution is -2.52. The Balaban J connectivity index is 2.01. The molecule has 41 heavy (non-hydrogen) atoms. The predicted molar refractivity (Wildman–Crippen MR) is 158 cm³/mol. The third kappa shape index (κ3) is 8.43. The maximum atomic E-state index is 13.9. The normalized spacial score (nSPS) is 12.7. The molecule has 0 saturated carbocycles. The highest BCUT2D eigenvalue weighted by molar-refractivity contribution is 7.92. The van der Waals surface area contributed by atoms with Crippen molar-refractivity contribution in [3.63, 3.8) is 0 Å². The van der Waals surface area contributed by atoms with E-state index in [1.54, 1.807) is 31.2 Å². The van der Waals surface area contributed by atoms with E-state index in [1.807, 2.05) is 20.8 Å². The molecule has 3 aromatic rings. The summed E-state index contributed by atoms with van der Waals surface area (Å²) in [7, 11) is -4.28. The van der Waals surface area contributed by atoms with Gasteiger partial charge in [0, 0.05) is 17.6 Å². The second-order valence-electron chi connectivity index (χ2n) is 9.53. The Morgan fingerprint density at radius 1 is 0.951 bits per heavy atom. The molecular formula is C30H35ClFN3O5S. The van der Waals surface area contributed by atoms with Crippen LogP contribution in [0.15, 0.2) is 77.7 Å². The van der Waals surface area contributed by atoms with Crippen LogP contribution in [0.5, 0.6) is 5.75 Å². The molecule has 11 heteroatoms. The maximum absolute atomic E-state index is 13.9. The van der Waals surface area contributed by atoms with Gasteiger partial charge in [0.15, 0.2) is 0 Å². The van der Waals surface area contributed by atoms with E-state index >= 15 is 0 Å². The number of ether oxygens (including phenoxy) is 1. The van der Waals surface area contributed by atoms with Crippen molar-refractivity contribution < 1.29 is 27.1 Å². The molecule has 0 aliphatic rings. The Bertz CT molecular complexity index is 1420. The van der Waals surface area contributed by atoms with Crippen LogP contribution in [0, 0.1) is 5.82 Å². The van der Waals surface area contributed by atoms with Crippen molar-refractivity contribution in [2.75, 3.05) is 17.5 Å². The maximum Gasteiger partial charge on any atom is 0.264 e. The topological polar surface area (TPSA) is 96.0 Å². The van der Waals surface area contributed by atoms with E-state index in [0.29, 0.717) is 29.4 Å². The molecule has 0 saturated heterocycles. The third-order valence-electron chi connectivity index (χ3n) is 6.55. The average molecular weight is 604 g/mol. The molecule has 0 bridgehead atoms. The monoisotopic (exact) mass is 603 g/mol. The van der Waals surface area contributed by atoms with Gasteiger partial charge in [0.2, 0.25) is 11.8 Å². The number of benzene rings is 3. The van der Waals surface area contributed by atoms with Crippen LogP contribution in [0.3, 0.4) is 0 Å². The smallest absolute Gasteiger partial charge is 0.264 e. The number of halogens is 2. The standard InChI is InChI=1S/C30H35ClFN3O5S/c1-5-21(3)33-30(37)22(4)34(19-23-7-9-24(31)10-8-23)29(36)20-35(26-13-11-25(32)12-14-26)41(38,39)28-17-15-27(16-18-28)40-6-2/h7-18,21-22H,5-6,19-20H2,1-4H3,(H,33,37)/t21-,22+/m1/s1. The van der Waals surface area contributed by atoms with Crippen molar-refractivity contribution in [3.05, 3.63) is 89.2 Å². The SMILES string of the molecule is CCOc1ccc(S(=O)(=O)N(CC(=O)N(Cc2ccc(Cl)cc2)[C@@H](C)C(=O)N[C@H](C)CC)c2ccc(F)cc2)cc1. The van der Waals surface area contributed by atoms with Gasteiger partial charge in [0.25, 0.3) is 10.0 Å². The summed E-state index contributed by atoms with van der Waals surface area (Å²) in [4.78, 5) is 28.2. The summed E-state index contributed by atoms with van der Waals surface area (Å²) in [5.41, 5.74) is 0.797. The van der Waals surface area contributed by atoms with Crippen LogP contribution >= 0.6 is 11.6 Å². The van der Waals surface area contributed by atoms with Gasteiger partial charge in [-0.3, -0.25) is 13.9 Å². The Hall–Kier alpha value is -3.63. The molecule has 0 aliphatic heterocycles. The fraction of sp³-hybridized carbons (Fsp3) is 0.333. The Morgan fingerprint density at radius 3 is 2.12 bits per heavy atom. The Morgan fingerprint density at radius 2 is 1.56 bits per heavy atom. The fourth-order valence-electron chi connectivity index (χ4n) is 3.97. The molecule has 0 aromatic heterocycles. The highest BCUT2D eigenvalue weighted by atomic mass is 35.5. The lowest BCUT2D eigenvalue weighted by atomic mass is 10.1. The summed E-state index contributed by atoms with van der Waals surface area (Å²) >= 11 is 6.03. The lowest BCUT2D eigenvalue weighted by molar-refractivity contribution is -0.139. The molecule has 3 rings (SSSR count). The minimum absolute atomic E-state index is 0.0332. The van der Waals surface area contributed by atoms with Gasteiger partial charge in [-0.1, -0.05) is 30.7 Å². The van der Waals surface area contributed by atoms with Crippen LogP contribution in [0.1, 0.15) is 39.7 Å². The van der Waals surface area contributed by atoms with Crippen LogP contribution in [0.2, 0.25) is 5.02 Å². The number of amides is 2. The van der Waals surface area contributed by atoms with E-state index in [2.05, 4.69) is 5.32 Å². The molecule has 3 aromatic carbocycles. The fourth-order valence-corrected chi connectivity index (χ4v) is 5.51. The second kappa shape index (κ2) is 14.3. The van der Waals surface area contributed by atoms with Crippen LogP contribution < -0.4 is 14.4 Å². The Kier molecular flexibility index (Phi) is 11.1. The van der Waals surface area contributed by atoms with Crippen LogP contribution in [0.4, 0.5) is 10.1 Å². The number of hydrogen-bond donors (Lipinski definition) is 1. The molecule has 0 aliphatic carbocycles. The van der Waals surface area contributed by atoms with Gasteiger partial charge in [0.1, 0.15) is 24.2 Å². The minimum Gasteiger partial charge on any atom is -0.494 e. The molecule has 0 radical (unpaired) electrons. The zero-order chi connectivity index (χ0) is 30.2. The number of carbonyl (C=O) groups is 2. The first-order valence-corrected chi connectivity index (χ1v) is 15.1. The first kappa shape index (κ1) is 31.9. The number of carbonyl (C=O) groups excluding carboxylic acids is 2. The molecule has 2 atom stereocenters. The Labute approximate surface area is 246 Å². The van der Waals surface area contributed by atoms with E-state index in [-0.39, 0.29) is 29.1 Å². The summed E-state index contributed by atoms with van der Waals surface area (Å²) in [5.74, 6) is -1.06. The van der Waals surface area contributed by atoms with Crippen molar-refractivity contribution >= 4 is 39.1 Å². The first-order chi connectivity index (χ1) is 19.5. The van der Waals surface area contributed by atoms with E-state index in [9.17, 15) is 22.4 Å². The molecule has 220 valence electrons. The lowest BCUT2D eigenvalue weighted by Gasteiger charge is -2.32. The summed E-state index contributed by atoms with van der Waals surface area (Å²) in [6, 6.07) is 16.4. The number of anilines is 1. The summed E-state index contributed by atoms with van der Waals surface area (Å²) < 4.78 is 47.8. The van der Waals surface area contributed by atoms with E-state index in [4.69, 9.17) is 16.3 Å². The van der Waals surface area contributed by atoms with Crippen LogP contribution in [-0.2, 0) is 26.2 Å². The number of nitrogens with one attached hydrogen (secondary N) is 1. The number of nitrogens with zero attached hydrogens (tertiary/aromatic N) is 2. The molecule has 0 unspecified atom stereocenters. The average Bonchev–Trinajstić information content (AvgIpc) is 2.96. The molecule has 2 amide bonds. The summed E-state index contributed by atoms with van der Waals surface area (Å²) in [5, 5.41) is 3.40. The number of hydrogen-bond acceptors (Lipinski definition) is 5. The molecule has 0 spiro atoms. The van der Waals surface area contributed by atoms with Gasteiger partial charge in [-0.05, 0) is 93.4 Å². The highest BCUT2D eigenvalue weighted by Gasteiger charge is 2.33. The molecule has 1 N–H and O–H groups in total. The van der Waals surface area contributed by atoms with Gasteiger partial charge < -0.3 is 15.0 Å². The molecular weight excluding hydrogens is 569 g/mol. The predicted octanol–water partition coefficient (Wildman–Crippen LogP) is 5.41. The summed E-state index contributed by atoms with van der Waals surface area (Å²) in [6.07, 6.45) is 0.697. The van der Waals surface area contributed by atoms with Crippen molar-refractivity contribution in [2.24, 2.45) is 0 Å². The van der Waals surface area contributed by atoms with Gasteiger partial charge in [-0.15, -0.1) is 0 Å². The van der Waals surface area contributed by atoms with Gasteiger partial charge in [-0.2, -0.15) is 0 Å². The second-order valence-corrected chi connectivity index (χ2v) is 11.8. The zero-order valence-corrected chi connectivity index (χ0v) is 25.1. The zero-order valence-electron chi connectivity index (χ0n) is 23.5. The largest absolute Gasteiger partial charge is 0.494 e. The third-order valence-corrected chi connectivity index (χ3v) is 8.59. The van der Waals surface area contributed by atoms with E-state index in [0.717, 1.165) is 16.4 Å². The molecule has 0 fully saturated rings. The van der Waals surface area contributed by atoms with E-state index in [1.165, 1.54) is 41.3 Å².